The number of aromatic carboxylic acids is 1. The molecule has 0 aliphatic heterocycles. The predicted molar refractivity (Wildman–Crippen MR) is 250 cm³/mol. The molecule has 0 fully saturated rings. The Hall–Kier alpha value is -6.76. The van der Waals surface area contributed by atoms with Crippen LogP contribution in [-0.2, 0) is 19.1 Å². The molecule has 0 saturated carbocycles. The molecule has 0 radical (unpaired) electrons. The van der Waals surface area contributed by atoms with E-state index in [-0.39, 0.29) is 37.7 Å². The minimum Gasteiger partial charge on any atom is -0.508 e. The number of aromatic hydroxyl groups is 1. The first-order valence-corrected chi connectivity index (χ1v) is 22.2. The van der Waals surface area contributed by atoms with Gasteiger partial charge >= 0.3 is 23.9 Å². The van der Waals surface area contributed by atoms with E-state index in [0.29, 0.717) is 29.4 Å². The number of carbonyl (C=O) groups excluding carboxylic acids is 3. The monoisotopic (exact) mass is 898 g/mol. The summed E-state index contributed by atoms with van der Waals surface area (Å²) in [5.74, 6) is 0.962. The molecular formula is C52H66O13. The van der Waals surface area contributed by atoms with Crippen LogP contribution in [0.1, 0.15) is 112 Å². The van der Waals surface area contributed by atoms with E-state index in [1.807, 2.05) is 0 Å². The van der Waals surface area contributed by atoms with Gasteiger partial charge in [-0.25, -0.2) is 19.2 Å². The summed E-state index contributed by atoms with van der Waals surface area (Å²) in [4.78, 5) is 44.5. The highest BCUT2D eigenvalue weighted by atomic mass is 16.6. The van der Waals surface area contributed by atoms with Crippen molar-refractivity contribution in [3.63, 3.8) is 0 Å². The molecule has 4 rings (SSSR count). The van der Waals surface area contributed by atoms with E-state index in [4.69, 9.17) is 43.4 Å². The maximum absolute atomic E-state index is 12.3. The van der Waals surface area contributed by atoms with Crippen LogP contribution in [0.25, 0.3) is 0 Å². The average molecular weight is 899 g/mol. The predicted octanol–water partition coefficient (Wildman–Crippen LogP) is 11.4. The standard InChI is InChI=1S/C26H32O6.C14H22O2.C12H12O5/c1-3-5-6-7-8-9-18-29-23-14-16-24(17-15-23)32-26(28)21-10-12-22(13-11-21)30-19-20-31-25(27)4-2;1-2-3-4-5-6-7-12-16-14-10-8-13(15)9-11-14;1-2-11(13)17-8-7-16-10-5-3-9(4-6-10)12(14)15/h4,10-17H,2-3,5-9,18-20H2,1H3;8-11,15H,2-7,12H2,1H3;2-6H,1,7-8H2,(H,14,15). The summed E-state index contributed by atoms with van der Waals surface area (Å²) in [6, 6.07) is 26.4. The molecule has 13 heteroatoms. The lowest BCUT2D eigenvalue weighted by Gasteiger charge is -2.09. The van der Waals surface area contributed by atoms with Crippen molar-refractivity contribution in [3.8, 4) is 34.5 Å². The van der Waals surface area contributed by atoms with E-state index in [1.165, 1.54) is 76.3 Å². The smallest absolute Gasteiger partial charge is 0.343 e. The zero-order chi connectivity index (χ0) is 47.3. The van der Waals surface area contributed by atoms with Gasteiger partial charge < -0.3 is 43.4 Å². The number of carboxylic acids is 1. The van der Waals surface area contributed by atoms with Crippen LogP contribution in [0.15, 0.2) is 122 Å². The Bertz CT molecular complexity index is 1920. The van der Waals surface area contributed by atoms with Gasteiger partial charge in [-0.2, -0.15) is 0 Å². The van der Waals surface area contributed by atoms with Gasteiger partial charge in [0.2, 0.25) is 0 Å². The second-order valence-corrected chi connectivity index (χ2v) is 14.4. The highest BCUT2D eigenvalue weighted by Gasteiger charge is 2.10. The van der Waals surface area contributed by atoms with Crippen molar-refractivity contribution in [2.75, 3.05) is 39.6 Å². The van der Waals surface area contributed by atoms with Crippen molar-refractivity contribution in [3.05, 3.63) is 133 Å². The lowest BCUT2D eigenvalue weighted by Crippen LogP contribution is -2.11. The van der Waals surface area contributed by atoms with Gasteiger partial charge in [0.25, 0.3) is 0 Å². The average Bonchev–Trinajstić information content (AvgIpc) is 3.32. The SMILES string of the molecule is C=CC(=O)OCCOc1ccc(C(=O)O)cc1.C=CC(=O)OCCOc1ccc(C(=O)Oc2ccc(OCCCCCCCC)cc2)cc1.CCCCCCCCOc1ccc(O)cc1. The van der Waals surface area contributed by atoms with Crippen LogP contribution < -0.4 is 23.7 Å². The number of carbonyl (C=O) groups is 4. The van der Waals surface area contributed by atoms with Gasteiger partial charge in [-0.05, 0) is 110 Å². The normalized spacial score (nSPS) is 10.1. The fourth-order valence-corrected chi connectivity index (χ4v) is 5.56. The van der Waals surface area contributed by atoms with Crippen LogP contribution in [0.5, 0.6) is 34.5 Å². The molecule has 352 valence electrons. The zero-order valence-corrected chi connectivity index (χ0v) is 37.9. The van der Waals surface area contributed by atoms with E-state index in [0.717, 1.165) is 43.1 Å². The maximum atomic E-state index is 12.3. The van der Waals surface area contributed by atoms with Gasteiger partial charge in [0, 0.05) is 12.2 Å². The van der Waals surface area contributed by atoms with Crippen LogP contribution in [-0.4, -0.2) is 73.7 Å². The summed E-state index contributed by atoms with van der Waals surface area (Å²) >= 11 is 0. The van der Waals surface area contributed by atoms with E-state index in [2.05, 4.69) is 27.0 Å². The Kier molecular flexibility index (Phi) is 29.0. The molecule has 0 bridgehead atoms. The van der Waals surface area contributed by atoms with E-state index in [1.54, 1.807) is 84.9 Å². The molecule has 0 heterocycles. The van der Waals surface area contributed by atoms with Crippen molar-refractivity contribution < 1.29 is 62.5 Å². The summed E-state index contributed by atoms with van der Waals surface area (Å²) < 4.78 is 36.9. The minimum atomic E-state index is -0.989. The summed E-state index contributed by atoms with van der Waals surface area (Å²) in [5.41, 5.74) is 0.592. The number of esters is 3. The third-order valence-corrected chi connectivity index (χ3v) is 9.12. The van der Waals surface area contributed by atoms with E-state index >= 15 is 0 Å². The molecule has 0 aromatic heterocycles. The first kappa shape index (κ1) is 54.4. The molecule has 0 aliphatic rings. The van der Waals surface area contributed by atoms with Gasteiger partial charge in [0.05, 0.1) is 24.3 Å². The Labute approximate surface area is 383 Å². The molecule has 2 N–H and O–H groups in total. The Morgan fingerprint density at radius 1 is 0.446 bits per heavy atom. The minimum absolute atomic E-state index is 0.117. The second kappa shape index (κ2) is 34.7. The maximum Gasteiger partial charge on any atom is 0.343 e. The zero-order valence-electron chi connectivity index (χ0n) is 37.9. The van der Waals surface area contributed by atoms with E-state index < -0.39 is 23.9 Å². The van der Waals surface area contributed by atoms with Gasteiger partial charge in [-0.3, -0.25) is 0 Å². The number of ether oxygens (including phenoxy) is 7. The molecule has 0 aliphatic carbocycles. The van der Waals surface area contributed by atoms with Crippen molar-refractivity contribution in [2.45, 2.75) is 90.9 Å². The summed E-state index contributed by atoms with van der Waals surface area (Å²) in [5, 5.41) is 17.8. The molecule has 0 spiro atoms. The number of rotatable bonds is 29. The van der Waals surface area contributed by atoms with Crippen LogP contribution in [0, 0.1) is 0 Å². The van der Waals surface area contributed by atoms with Gasteiger partial charge in [-0.1, -0.05) is 91.2 Å². The topological polar surface area (TPSA) is 173 Å². The van der Waals surface area contributed by atoms with Gasteiger partial charge in [0.1, 0.15) is 60.9 Å². The van der Waals surface area contributed by atoms with Crippen LogP contribution in [0.3, 0.4) is 0 Å². The number of phenolic OH excluding ortho intramolecular Hbond substituents is 1. The summed E-state index contributed by atoms with van der Waals surface area (Å²) in [7, 11) is 0. The third kappa shape index (κ3) is 26.5. The second-order valence-electron chi connectivity index (χ2n) is 14.4. The van der Waals surface area contributed by atoms with E-state index in [9.17, 15) is 19.2 Å². The van der Waals surface area contributed by atoms with Gasteiger partial charge in [0.15, 0.2) is 0 Å². The number of unbranched alkanes of at least 4 members (excludes halogenated alkanes) is 10. The lowest BCUT2D eigenvalue weighted by atomic mass is 10.1. The van der Waals surface area contributed by atoms with Crippen molar-refractivity contribution in [2.24, 2.45) is 0 Å². The molecule has 4 aromatic carbocycles. The quantitative estimate of drug-likeness (QED) is 0.0228. The number of phenols is 1. The summed E-state index contributed by atoms with van der Waals surface area (Å²) in [6.07, 6.45) is 17.1. The van der Waals surface area contributed by atoms with Crippen molar-refractivity contribution in [1.82, 2.24) is 0 Å². The first-order valence-electron chi connectivity index (χ1n) is 22.2. The molecule has 0 saturated heterocycles. The Morgan fingerprint density at radius 2 is 0.785 bits per heavy atom. The van der Waals surface area contributed by atoms with Crippen LogP contribution >= 0.6 is 0 Å². The Balaban J connectivity index is 0.000000370. The van der Waals surface area contributed by atoms with Crippen LogP contribution in [0.4, 0.5) is 0 Å². The molecule has 0 amide bonds. The fourth-order valence-electron chi connectivity index (χ4n) is 5.56. The van der Waals surface area contributed by atoms with Crippen molar-refractivity contribution >= 4 is 23.9 Å². The highest BCUT2D eigenvalue weighted by molar-refractivity contribution is 5.91. The van der Waals surface area contributed by atoms with Crippen molar-refractivity contribution in [1.29, 1.82) is 0 Å². The van der Waals surface area contributed by atoms with Gasteiger partial charge in [-0.15, -0.1) is 0 Å². The van der Waals surface area contributed by atoms with Crippen LogP contribution in [0.2, 0.25) is 0 Å². The molecule has 0 atom stereocenters. The molecule has 65 heavy (non-hydrogen) atoms. The number of carboxylic acid groups (broad SMARTS) is 1. The highest BCUT2D eigenvalue weighted by Crippen LogP contribution is 2.21. The number of hydrogen-bond donors (Lipinski definition) is 2. The fraction of sp³-hybridized carbons (Fsp3) is 0.385. The molecule has 4 aromatic rings. The largest absolute Gasteiger partial charge is 0.508 e. The molecule has 0 unspecified atom stereocenters. The first-order chi connectivity index (χ1) is 31.6. The number of hydrogen-bond acceptors (Lipinski definition) is 12. The number of benzene rings is 4. The molecule has 13 nitrogen and oxygen atoms in total. The summed E-state index contributed by atoms with van der Waals surface area (Å²) in [6.45, 7) is 13.1. The lowest BCUT2D eigenvalue weighted by molar-refractivity contribution is -0.139. The third-order valence-electron chi connectivity index (χ3n) is 9.12. The molecular weight excluding hydrogens is 833 g/mol. The Morgan fingerprint density at radius 3 is 1.18 bits per heavy atom.